The summed E-state index contributed by atoms with van der Waals surface area (Å²) in [5, 5.41) is 0. The van der Waals surface area contributed by atoms with Crippen molar-refractivity contribution < 1.29 is 14.3 Å². The minimum atomic E-state index is -0.393. The highest BCUT2D eigenvalue weighted by Crippen LogP contribution is 2.12. The van der Waals surface area contributed by atoms with Gasteiger partial charge in [0, 0.05) is 25.9 Å². The van der Waals surface area contributed by atoms with E-state index in [1.807, 2.05) is 0 Å². The lowest BCUT2D eigenvalue weighted by molar-refractivity contribution is 0.0490. The topological polar surface area (TPSA) is 63.9 Å². The average Bonchev–Trinajstić information content (AvgIpc) is 2.93. The molecule has 2 aromatic heterocycles. The number of fused-ring (bicyclic) bond motifs is 1. The molecule has 22 heavy (non-hydrogen) atoms. The van der Waals surface area contributed by atoms with Crippen LogP contribution in [0.2, 0.25) is 0 Å². The predicted molar refractivity (Wildman–Crippen MR) is 83.0 cm³/mol. The van der Waals surface area contributed by atoms with E-state index in [2.05, 4.69) is 11.9 Å². The van der Waals surface area contributed by atoms with Gasteiger partial charge >= 0.3 is 5.97 Å². The molecule has 0 aliphatic heterocycles. The fourth-order valence-corrected chi connectivity index (χ4v) is 2.11. The van der Waals surface area contributed by atoms with Crippen LogP contribution in [0.3, 0.4) is 0 Å². The van der Waals surface area contributed by atoms with Crippen LogP contribution in [0.5, 0.6) is 0 Å². The number of pyridine rings is 1. The number of hydrogen-bond donors (Lipinski definition) is 0. The van der Waals surface area contributed by atoms with Gasteiger partial charge in [0.05, 0.1) is 12.8 Å². The molecule has 0 spiro atoms. The third-order valence-electron chi connectivity index (χ3n) is 3.36. The van der Waals surface area contributed by atoms with E-state index in [0.717, 1.165) is 19.3 Å². The highest BCUT2D eigenvalue weighted by molar-refractivity contribution is 5.95. The van der Waals surface area contributed by atoms with Gasteiger partial charge in [-0.3, -0.25) is 9.20 Å². The van der Waals surface area contributed by atoms with E-state index in [9.17, 15) is 9.59 Å². The standard InChI is InChI=1S/C16H21N3O3/c1-4-5-6-9-22-16(21)13-11-17-14-10-12(7-8-19(13)14)15(20)18(2)3/h7-8,10-11H,4-6,9H2,1-3H3. The van der Waals surface area contributed by atoms with Gasteiger partial charge in [-0.25, -0.2) is 9.78 Å². The summed E-state index contributed by atoms with van der Waals surface area (Å²) in [6.45, 7) is 2.51. The molecule has 0 bridgehead atoms. The zero-order chi connectivity index (χ0) is 16.1. The van der Waals surface area contributed by atoms with E-state index in [1.165, 1.54) is 11.1 Å². The molecule has 6 nitrogen and oxygen atoms in total. The molecule has 1 amide bonds. The first kappa shape index (κ1) is 16.0. The molecule has 0 radical (unpaired) electrons. The number of carbonyl (C=O) groups excluding carboxylic acids is 2. The SMILES string of the molecule is CCCCCOC(=O)c1cnc2cc(C(=O)N(C)C)ccn12. The quantitative estimate of drug-likeness (QED) is 0.607. The Bertz CT molecular complexity index is 676. The van der Waals surface area contributed by atoms with Crippen LogP contribution in [0.15, 0.2) is 24.5 Å². The first-order valence-corrected chi connectivity index (χ1v) is 7.40. The Morgan fingerprint density at radius 3 is 2.77 bits per heavy atom. The van der Waals surface area contributed by atoms with Crippen LogP contribution in [-0.4, -0.2) is 46.9 Å². The number of nitrogens with zero attached hydrogens (tertiary/aromatic N) is 3. The molecule has 2 aromatic rings. The molecule has 0 saturated carbocycles. The Morgan fingerprint density at radius 2 is 2.09 bits per heavy atom. The molecule has 0 aliphatic carbocycles. The maximum absolute atomic E-state index is 12.1. The van der Waals surface area contributed by atoms with Gasteiger partial charge in [0.1, 0.15) is 5.65 Å². The van der Waals surface area contributed by atoms with E-state index < -0.39 is 5.97 Å². The normalized spacial score (nSPS) is 10.7. The monoisotopic (exact) mass is 303 g/mol. The summed E-state index contributed by atoms with van der Waals surface area (Å²) in [6.07, 6.45) is 6.12. The molecule has 0 N–H and O–H groups in total. The Kier molecular flexibility index (Phi) is 5.14. The van der Waals surface area contributed by atoms with E-state index in [4.69, 9.17) is 4.74 Å². The largest absolute Gasteiger partial charge is 0.461 e. The van der Waals surface area contributed by atoms with Crippen molar-refractivity contribution in [3.8, 4) is 0 Å². The maximum atomic E-state index is 12.1. The first-order valence-electron chi connectivity index (χ1n) is 7.40. The van der Waals surface area contributed by atoms with Gasteiger partial charge in [0.15, 0.2) is 5.69 Å². The van der Waals surface area contributed by atoms with Gasteiger partial charge in [-0.15, -0.1) is 0 Å². The fraction of sp³-hybridized carbons (Fsp3) is 0.438. The van der Waals surface area contributed by atoms with Crippen molar-refractivity contribution in [2.24, 2.45) is 0 Å². The third kappa shape index (κ3) is 3.44. The van der Waals surface area contributed by atoms with E-state index in [0.29, 0.717) is 23.5 Å². The van der Waals surface area contributed by atoms with Gasteiger partial charge in [0.2, 0.25) is 0 Å². The Hall–Kier alpha value is -2.37. The second-order valence-corrected chi connectivity index (χ2v) is 5.33. The molecule has 0 aromatic carbocycles. The number of amides is 1. The number of imidazole rings is 1. The van der Waals surface area contributed by atoms with Crippen LogP contribution in [0.4, 0.5) is 0 Å². The molecule has 118 valence electrons. The van der Waals surface area contributed by atoms with Gasteiger partial charge in [0.25, 0.3) is 5.91 Å². The lowest BCUT2D eigenvalue weighted by Gasteiger charge is -2.10. The van der Waals surface area contributed by atoms with Crippen molar-refractivity contribution in [2.45, 2.75) is 26.2 Å². The predicted octanol–water partition coefficient (Wildman–Crippen LogP) is 2.38. The molecule has 0 unspecified atom stereocenters. The number of rotatable bonds is 6. The highest BCUT2D eigenvalue weighted by Gasteiger charge is 2.15. The number of hydrogen-bond acceptors (Lipinski definition) is 4. The average molecular weight is 303 g/mol. The Balaban J connectivity index is 2.16. The van der Waals surface area contributed by atoms with Gasteiger partial charge < -0.3 is 9.64 Å². The summed E-state index contributed by atoms with van der Waals surface area (Å²) in [5.41, 5.74) is 1.45. The number of esters is 1. The minimum absolute atomic E-state index is 0.103. The summed E-state index contributed by atoms with van der Waals surface area (Å²) in [5.74, 6) is -0.496. The van der Waals surface area contributed by atoms with Crippen molar-refractivity contribution in [1.82, 2.24) is 14.3 Å². The van der Waals surface area contributed by atoms with Gasteiger partial charge in [-0.2, -0.15) is 0 Å². The molecular formula is C16H21N3O3. The number of carbonyl (C=O) groups is 2. The maximum Gasteiger partial charge on any atom is 0.356 e. The number of ether oxygens (including phenoxy) is 1. The molecule has 0 aliphatic rings. The number of aromatic nitrogens is 2. The Morgan fingerprint density at radius 1 is 1.32 bits per heavy atom. The lowest BCUT2D eigenvalue weighted by Crippen LogP contribution is -2.21. The van der Waals surface area contributed by atoms with E-state index in [-0.39, 0.29) is 5.91 Å². The zero-order valence-electron chi connectivity index (χ0n) is 13.2. The second-order valence-electron chi connectivity index (χ2n) is 5.33. The van der Waals surface area contributed by atoms with E-state index in [1.54, 1.807) is 36.8 Å². The second kappa shape index (κ2) is 7.06. The summed E-state index contributed by atoms with van der Waals surface area (Å²) in [6, 6.07) is 3.33. The zero-order valence-corrected chi connectivity index (χ0v) is 13.2. The highest BCUT2D eigenvalue weighted by atomic mass is 16.5. The van der Waals surface area contributed by atoms with E-state index >= 15 is 0 Å². The molecule has 2 heterocycles. The number of unbranched alkanes of at least 4 members (excludes halogenated alkanes) is 2. The molecule has 0 atom stereocenters. The third-order valence-corrected chi connectivity index (χ3v) is 3.36. The lowest BCUT2D eigenvalue weighted by atomic mass is 10.2. The summed E-state index contributed by atoms with van der Waals surface area (Å²) in [7, 11) is 3.38. The van der Waals surface area contributed by atoms with Crippen LogP contribution in [-0.2, 0) is 4.74 Å². The molecule has 0 saturated heterocycles. The first-order chi connectivity index (χ1) is 10.5. The van der Waals surface area contributed by atoms with Crippen LogP contribution in [0.25, 0.3) is 5.65 Å². The minimum Gasteiger partial charge on any atom is -0.461 e. The molecular weight excluding hydrogens is 282 g/mol. The van der Waals surface area contributed by atoms with Crippen molar-refractivity contribution in [2.75, 3.05) is 20.7 Å². The van der Waals surface area contributed by atoms with Crippen LogP contribution >= 0.6 is 0 Å². The van der Waals surface area contributed by atoms with Crippen molar-refractivity contribution in [3.05, 3.63) is 35.8 Å². The van der Waals surface area contributed by atoms with Crippen LogP contribution in [0, 0.1) is 0 Å². The van der Waals surface area contributed by atoms with Crippen molar-refractivity contribution in [1.29, 1.82) is 0 Å². The molecule has 0 fully saturated rings. The van der Waals surface area contributed by atoms with Gasteiger partial charge in [-0.05, 0) is 18.6 Å². The summed E-state index contributed by atoms with van der Waals surface area (Å²) >= 11 is 0. The fourth-order valence-electron chi connectivity index (χ4n) is 2.11. The smallest absolute Gasteiger partial charge is 0.356 e. The van der Waals surface area contributed by atoms with Crippen LogP contribution < -0.4 is 0 Å². The molecule has 6 heteroatoms. The van der Waals surface area contributed by atoms with Crippen molar-refractivity contribution >= 4 is 17.5 Å². The Labute approximate surface area is 129 Å². The summed E-state index contributed by atoms with van der Waals surface area (Å²) in [4.78, 5) is 29.7. The van der Waals surface area contributed by atoms with Crippen molar-refractivity contribution in [3.63, 3.8) is 0 Å². The van der Waals surface area contributed by atoms with Gasteiger partial charge in [-0.1, -0.05) is 19.8 Å². The van der Waals surface area contributed by atoms with Crippen LogP contribution in [0.1, 0.15) is 47.0 Å². The summed E-state index contributed by atoms with van der Waals surface area (Å²) < 4.78 is 6.87. The molecule has 2 rings (SSSR count).